The van der Waals surface area contributed by atoms with Gasteiger partial charge in [0.1, 0.15) is 5.75 Å². The molecule has 0 saturated carbocycles. The molecule has 1 aliphatic rings. The van der Waals surface area contributed by atoms with Crippen LogP contribution in [0.25, 0.3) is 0 Å². The van der Waals surface area contributed by atoms with Crippen molar-refractivity contribution in [1.29, 1.82) is 0 Å². The van der Waals surface area contributed by atoms with Crippen LogP contribution in [0.1, 0.15) is 36.6 Å². The normalized spacial score (nSPS) is 18.0. The minimum atomic E-state index is 0.121. The van der Waals surface area contributed by atoms with Crippen LogP contribution in [0.4, 0.5) is 0 Å². The topological polar surface area (TPSA) is 47.3 Å². The highest BCUT2D eigenvalue weighted by molar-refractivity contribution is 7.10. The number of allylic oxidation sites excluding steroid dienone is 1. The predicted octanol–water partition coefficient (Wildman–Crippen LogP) is 2.76. The van der Waals surface area contributed by atoms with E-state index in [0.29, 0.717) is 0 Å². The van der Waals surface area contributed by atoms with Crippen molar-refractivity contribution in [3.05, 3.63) is 28.0 Å². The van der Waals surface area contributed by atoms with E-state index in [1.807, 2.05) is 11.4 Å². The molecular formula is C12H18N2OS. The largest absolute Gasteiger partial charge is 0.496 e. The number of hydrogen-bond acceptors (Lipinski definition) is 4. The lowest BCUT2D eigenvalue weighted by atomic mass is 9.93. The monoisotopic (exact) mass is 238 g/mol. The average Bonchev–Trinajstić information content (AvgIpc) is 2.80. The number of ether oxygens (including phenoxy) is 1. The van der Waals surface area contributed by atoms with Gasteiger partial charge in [-0.3, -0.25) is 5.84 Å². The fourth-order valence-electron chi connectivity index (χ4n) is 2.16. The Bertz CT molecular complexity index is 373. The Morgan fingerprint density at radius 2 is 2.38 bits per heavy atom. The molecule has 1 atom stereocenters. The van der Waals surface area contributed by atoms with Gasteiger partial charge in [0.2, 0.25) is 0 Å². The van der Waals surface area contributed by atoms with E-state index < -0.39 is 0 Å². The van der Waals surface area contributed by atoms with Gasteiger partial charge in [-0.25, -0.2) is 5.43 Å². The second-order valence-electron chi connectivity index (χ2n) is 3.98. The zero-order chi connectivity index (χ0) is 11.4. The molecule has 3 N–H and O–H groups in total. The summed E-state index contributed by atoms with van der Waals surface area (Å²) in [4.78, 5) is 1.18. The van der Waals surface area contributed by atoms with Crippen molar-refractivity contribution in [2.45, 2.75) is 31.7 Å². The van der Waals surface area contributed by atoms with Gasteiger partial charge in [0.25, 0.3) is 0 Å². The first kappa shape index (κ1) is 11.6. The molecule has 1 aromatic rings. The fraction of sp³-hybridized carbons (Fsp3) is 0.500. The second-order valence-corrected chi connectivity index (χ2v) is 4.93. The highest BCUT2D eigenvalue weighted by atomic mass is 32.1. The molecule has 0 bridgehead atoms. The highest BCUT2D eigenvalue weighted by Gasteiger charge is 2.21. The van der Waals surface area contributed by atoms with E-state index in [2.05, 4.69) is 11.5 Å². The molecule has 0 saturated heterocycles. The Balaban J connectivity index is 2.24. The molecule has 0 fully saturated rings. The molecule has 0 aromatic carbocycles. The third kappa shape index (κ3) is 2.29. The van der Waals surface area contributed by atoms with Crippen molar-refractivity contribution in [3.8, 4) is 5.75 Å². The summed E-state index contributed by atoms with van der Waals surface area (Å²) < 4.78 is 5.35. The van der Waals surface area contributed by atoms with Crippen LogP contribution in [-0.2, 0) is 0 Å². The van der Waals surface area contributed by atoms with Crippen LogP contribution in [0.5, 0.6) is 5.75 Å². The Morgan fingerprint density at radius 1 is 1.50 bits per heavy atom. The van der Waals surface area contributed by atoms with Gasteiger partial charge in [0, 0.05) is 0 Å². The zero-order valence-corrected chi connectivity index (χ0v) is 10.3. The summed E-state index contributed by atoms with van der Waals surface area (Å²) >= 11 is 1.69. The molecule has 0 radical (unpaired) electrons. The maximum atomic E-state index is 5.68. The smallest absolute Gasteiger partial charge is 0.134 e. The molecule has 0 aliphatic heterocycles. The van der Waals surface area contributed by atoms with Gasteiger partial charge in [0.05, 0.1) is 18.0 Å². The number of hydrazine groups is 1. The maximum Gasteiger partial charge on any atom is 0.134 e. The Kier molecular flexibility index (Phi) is 3.98. The summed E-state index contributed by atoms with van der Waals surface area (Å²) in [6.07, 6.45) is 7.17. The van der Waals surface area contributed by atoms with E-state index in [9.17, 15) is 0 Å². The van der Waals surface area contributed by atoms with E-state index in [1.165, 1.54) is 29.7 Å². The second kappa shape index (κ2) is 5.48. The minimum absolute atomic E-state index is 0.121. The van der Waals surface area contributed by atoms with E-state index in [1.54, 1.807) is 18.4 Å². The van der Waals surface area contributed by atoms with Crippen molar-refractivity contribution in [3.63, 3.8) is 0 Å². The van der Waals surface area contributed by atoms with Crippen LogP contribution < -0.4 is 16.0 Å². The van der Waals surface area contributed by atoms with Gasteiger partial charge in [-0.1, -0.05) is 11.6 Å². The molecule has 2 rings (SSSR count). The van der Waals surface area contributed by atoms with E-state index in [0.717, 1.165) is 12.2 Å². The summed E-state index contributed by atoms with van der Waals surface area (Å²) in [5, 5.41) is 2.04. The molecule has 16 heavy (non-hydrogen) atoms. The van der Waals surface area contributed by atoms with Crippen LogP contribution in [0, 0.1) is 0 Å². The third-order valence-electron chi connectivity index (χ3n) is 3.00. The van der Waals surface area contributed by atoms with Gasteiger partial charge in [-0.2, -0.15) is 0 Å². The molecule has 3 nitrogen and oxygen atoms in total. The lowest BCUT2D eigenvalue weighted by Crippen LogP contribution is -2.29. The fourth-order valence-corrected chi connectivity index (χ4v) is 3.13. The van der Waals surface area contributed by atoms with Crippen molar-refractivity contribution >= 4 is 11.3 Å². The van der Waals surface area contributed by atoms with Crippen LogP contribution in [0.15, 0.2) is 23.1 Å². The van der Waals surface area contributed by atoms with Crippen molar-refractivity contribution in [2.24, 2.45) is 5.84 Å². The molecule has 0 spiro atoms. The maximum absolute atomic E-state index is 5.68. The Hall–Kier alpha value is -0.840. The summed E-state index contributed by atoms with van der Waals surface area (Å²) in [6, 6.07) is 2.11. The Labute approximate surface area is 100 Å². The zero-order valence-electron chi connectivity index (χ0n) is 9.53. The van der Waals surface area contributed by atoms with Gasteiger partial charge >= 0.3 is 0 Å². The minimum Gasteiger partial charge on any atom is -0.496 e. The van der Waals surface area contributed by atoms with E-state index in [-0.39, 0.29) is 6.04 Å². The average molecular weight is 238 g/mol. The number of methoxy groups -OCH3 is 1. The molecule has 1 aliphatic carbocycles. The lowest BCUT2D eigenvalue weighted by molar-refractivity contribution is 0.406. The first-order valence-electron chi connectivity index (χ1n) is 5.63. The van der Waals surface area contributed by atoms with Crippen molar-refractivity contribution < 1.29 is 4.74 Å². The van der Waals surface area contributed by atoms with Crippen LogP contribution in [0.3, 0.4) is 0 Å². The molecule has 1 unspecified atom stereocenters. The van der Waals surface area contributed by atoms with Gasteiger partial charge < -0.3 is 4.74 Å². The number of thiophene rings is 1. The van der Waals surface area contributed by atoms with Gasteiger partial charge in [-0.15, -0.1) is 11.3 Å². The summed E-state index contributed by atoms with van der Waals surface area (Å²) in [6.45, 7) is 0. The van der Waals surface area contributed by atoms with E-state index in [4.69, 9.17) is 10.6 Å². The van der Waals surface area contributed by atoms with Crippen molar-refractivity contribution in [2.75, 3.05) is 7.11 Å². The summed E-state index contributed by atoms with van der Waals surface area (Å²) in [5.41, 5.74) is 4.31. The van der Waals surface area contributed by atoms with Crippen molar-refractivity contribution in [1.82, 2.24) is 5.43 Å². The number of rotatable bonds is 4. The first-order chi connectivity index (χ1) is 7.86. The molecule has 1 heterocycles. The third-order valence-corrected chi connectivity index (χ3v) is 3.97. The SMILES string of the molecule is COc1ccsc1C(NN)C1=CCCCC1. The summed E-state index contributed by atoms with van der Waals surface area (Å²) in [5.74, 6) is 6.61. The van der Waals surface area contributed by atoms with Crippen LogP contribution in [0.2, 0.25) is 0 Å². The van der Waals surface area contributed by atoms with Gasteiger partial charge in [-0.05, 0) is 37.1 Å². The molecule has 1 aromatic heterocycles. The number of nitrogens with one attached hydrogen (secondary N) is 1. The van der Waals surface area contributed by atoms with Gasteiger partial charge in [0.15, 0.2) is 0 Å². The van der Waals surface area contributed by atoms with E-state index >= 15 is 0 Å². The van der Waals surface area contributed by atoms with Crippen LogP contribution in [-0.4, -0.2) is 7.11 Å². The summed E-state index contributed by atoms with van der Waals surface area (Å²) in [7, 11) is 1.70. The molecule has 4 heteroatoms. The Morgan fingerprint density at radius 3 is 3.00 bits per heavy atom. The number of hydrogen-bond donors (Lipinski definition) is 2. The number of nitrogens with two attached hydrogens (primary N) is 1. The lowest BCUT2D eigenvalue weighted by Gasteiger charge is -2.22. The quantitative estimate of drug-likeness (QED) is 0.482. The van der Waals surface area contributed by atoms with Crippen LogP contribution >= 0.6 is 11.3 Å². The molecule has 88 valence electrons. The predicted molar refractivity (Wildman–Crippen MR) is 67.5 cm³/mol. The standard InChI is InChI=1S/C12H18N2OS/c1-15-10-7-8-16-12(10)11(14-13)9-5-3-2-4-6-9/h5,7-8,11,14H,2-4,6,13H2,1H3. The molecular weight excluding hydrogens is 220 g/mol. The molecule has 0 amide bonds. The highest BCUT2D eigenvalue weighted by Crippen LogP contribution is 2.37. The first-order valence-corrected chi connectivity index (χ1v) is 6.51.